The lowest BCUT2D eigenvalue weighted by molar-refractivity contribution is 0.178. The molecule has 1 aromatic carbocycles. The minimum absolute atomic E-state index is 0.0693. The van der Waals surface area contributed by atoms with Crippen molar-refractivity contribution < 1.29 is 4.79 Å². The third-order valence-electron chi connectivity index (χ3n) is 4.05. The number of urea groups is 1. The SMILES string of the molecule is CNC1CCC(N(C)C(=O)Nc2cccc(Cl)c2)CC1. The first kappa shape index (κ1) is 15.1. The quantitative estimate of drug-likeness (QED) is 0.898. The van der Waals surface area contributed by atoms with Gasteiger partial charge in [-0.3, -0.25) is 0 Å². The fraction of sp³-hybridized carbons (Fsp3) is 0.533. The number of hydrogen-bond donors (Lipinski definition) is 2. The van der Waals surface area contributed by atoms with Crippen molar-refractivity contribution in [3.8, 4) is 0 Å². The smallest absolute Gasteiger partial charge is 0.321 e. The fourth-order valence-corrected chi connectivity index (χ4v) is 2.89. The van der Waals surface area contributed by atoms with E-state index in [1.807, 2.05) is 31.1 Å². The van der Waals surface area contributed by atoms with Crippen molar-refractivity contribution in [2.75, 3.05) is 19.4 Å². The van der Waals surface area contributed by atoms with Gasteiger partial charge in [0.1, 0.15) is 0 Å². The van der Waals surface area contributed by atoms with Gasteiger partial charge in [-0.2, -0.15) is 0 Å². The van der Waals surface area contributed by atoms with E-state index in [1.54, 1.807) is 12.1 Å². The molecule has 5 heteroatoms. The first-order valence-electron chi connectivity index (χ1n) is 7.07. The summed E-state index contributed by atoms with van der Waals surface area (Å²) in [5.41, 5.74) is 0.735. The van der Waals surface area contributed by atoms with E-state index < -0.39 is 0 Å². The maximum absolute atomic E-state index is 12.2. The minimum atomic E-state index is -0.0693. The van der Waals surface area contributed by atoms with Crippen molar-refractivity contribution in [2.45, 2.75) is 37.8 Å². The molecule has 20 heavy (non-hydrogen) atoms. The Morgan fingerprint density at radius 3 is 2.60 bits per heavy atom. The molecule has 2 rings (SSSR count). The van der Waals surface area contributed by atoms with Crippen LogP contribution >= 0.6 is 11.6 Å². The van der Waals surface area contributed by atoms with Crippen molar-refractivity contribution in [1.82, 2.24) is 10.2 Å². The Hall–Kier alpha value is -1.26. The third-order valence-corrected chi connectivity index (χ3v) is 4.28. The summed E-state index contributed by atoms with van der Waals surface area (Å²) in [4.78, 5) is 14.0. The van der Waals surface area contributed by atoms with E-state index in [4.69, 9.17) is 11.6 Å². The Morgan fingerprint density at radius 1 is 1.30 bits per heavy atom. The molecule has 0 spiro atoms. The molecular weight excluding hydrogens is 274 g/mol. The molecule has 0 unspecified atom stereocenters. The highest BCUT2D eigenvalue weighted by Gasteiger charge is 2.25. The number of nitrogens with one attached hydrogen (secondary N) is 2. The number of amides is 2. The highest BCUT2D eigenvalue weighted by molar-refractivity contribution is 6.30. The molecule has 1 aliphatic carbocycles. The summed E-state index contributed by atoms with van der Waals surface area (Å²) < 4.78 is 0. The fourth-order valence-electron chi connectivity index (χ4n) is 2.70. The van der Waals surface area contributed by atoms with Crippen LogP contribution in [-0.2, 0) is 0 Å². The molecule has 1 fully saturated rings. The molecule has 0 bridgehead atoms. The predicted molar refractivity (Wildman–Crippen MR) is 83.3 cm³/mol. The van der Waals surface area contributed by atoms with Crippen molar-refractivity contribution in [1.29, 1.82) is 0 Å². The molecule has 0 radical (unpaired) electrons. The van der Waals surface area contributed by atoms with Crippen LogP contribution in [0.5, 0.6) is 0 Å². The van der Waals surface area contributed by atoms with Gasteiger partial charge in [0, 0.05) is 29.8 Å². The number of halogens is 1. The van der Waals surface area contributed by atoms with Crippen molar-refractivity contribution in [2.24, 2.45) is 0 Å². The Kier molecular flexibility index (Phi) is 5.26. The lowest BCUT2D eigenvalue weighted by atomic mass is 9.90. The first-order chi connectivity index (χ1) is 9.60. The second-order valence-electron chi connectivity index (χ2n) is 5.35. The molecule has 0 aliphatic heterocycles. The van der Waals surface area contributed by atoms with E-state index in [0.29, 0.717) is 17.1 Å². The second kappa shape index (κ2) is 6.95. The third kappa shape index (κ3) is 3.87. The van der Waals surface area contributed by atoms with Gasteiger partial charge in [0.2, 0.25) is 0 Å². The summed E-state index contributed by atoms with van der Waals surface area (Å²) >= 11 is 5.92. The summed E-state index contributed by atoms with van der Waals surface area (Å²) in [7, 11) is 3.87. The molecule has 2 N–H and O–H groups in total. The van der Waals surface area contributed by atoms with Gasteiger partial charge in [0.25, 0.3) is 0 Å². The molecular formula is C15H22ClN3O. The monoisotopic (exact) mass is 295 g/mol. The van der Waals surface area contributed by atoms with E-state index in [1.165, 1.54) is 0 Å². The molecule has 1 saturated carbocycles. The first-order valence-corrected chi connectivity index (χ1v) is 7.44. The van der Waals surface area contributed by atoms with Crippen LogP contribution in [0.2, 0.25) is 5.02 Å². The summed E-state index contributed by atoms with van der Waals surface area (Å²) in [5, 5.41) is 6.82. The van der Waals surface area contributed by atoms with E-state index in [2.05, 4.69) is 10.6 Å². The molecule has 1 aromatic rings. The molecule has 4 nitrogen and oxygen atoms in total. The average Bonchev–Trinajstić information content (AvgIpc) is 2.46. The Labute approximate surface area is 125 Å². The average molecular weight is 296 g/mol. The topological polar surface area (TPSA) is 44.4 Å². The Morgan fingerprint density at radius 2 is 2.00 bits per heavy atom. The van der Waals surface area contributed by atoms with Crippen molar-refractivity contribution in [3.05, 3.63) is 29.3 Å². The largest absolute Gasteiger partial charge is 0.325 e. The van der Waals surface area contributed by atoms with Crippen molar-refractivity contribution >= 4 is 23.3 Å². The van der Waals surface area contributed by atoms with E-state index in [9.17, 15) is 4.79 Å². The normalized spacial score (nSPS) is 22.4. The summed E-state index contributed by atoms with van der Waals surface area (Å²) in [6, 6.07) is 8.06. The van der Waals surface area contributed by atoms with E-state index in [-0.39, 0.29) is 6.03 Å². The number of rotatable bonds is 3. The van der Waals surface area contributed by atoms with Gasteiger partial charge in [0.05, 0.1) is 0 Å². The molecule has 2 amide bonds. The number of benzene rings is 1. The highest BCUT2D eigenvalue weighted by Crippen LogP contribution is 2.23. The predicted octanol–water partition coefficient (Wildman–Crippen LogP) is 3.33. The summed E-state index contributed by atoms with van der Waals surface area (Å²) in [6.45, 7) is 0. The van der Waals surface area contributed by atoms with Crippen LogP contribution in [0.3, 0.4) is 0 Å². The van der Waals surface area contributed by atoms with Gasteiger partial charge in [0.15, 0.2) is 0 Å². The molecule has 1 aliphatic rings. The molecule has 0 atom stereocenters. The van der Waals surface area contributed by atoms with Gasteiger partial charge < -0.3 is 15.5 Å². The zero-order valence-electron chi connectivity index (χ0n) is 12.0. The summed E-state index contributed by atoms with van der Waals surface area (Å²) in [6.07, 6.45) is 4.34. The number of nitrogens with zero attached hydrogens (tertiary/aromatic N) is 1. The van der Waals surface area contributed by atoms with E-state index >= 15 is 0 Å². The Bertz CT molecular complexity index is 458. The zero-order valence-corrected chi connectivity index (χ0v) is 12.8. The minimum Gasteiger partial charge on any atom is -0.325 e. The van der Waals surface area contributed by atoms with Gasteiger partial charge in [-0.25, -0.2) is 4.79 Å². The number of anilines is 1. The standard InChI is InChI=1S/C15H22ClN3O/c1-17-12-6-8-14(9-7-12)19(2)15(20)18-13-5-3-4-11(16)10-13/h3-5,10,12,14,17H,6-9H2,1-2H3,(H,18,20). The number of hydrogen-bond acceptors (Lipinski definition) is 2. The van der Waals surface area contributed by atoms with Crippen molar-refractivity contribution in [3.63, 3.8) is 0 Å². The van der Waals surface area contributed by atoms with Gasteiger partial charge in [-0.1, -0.05) is 17.7 Å². The van der Waals surface area contributed by atoms with Gasteiger partial charge in [-0.05, 0) is 50.9 Å². The number of carbonyl (C=O) groups excluding carboxylic acids is 1. The maximum atomic E-state index is 12.2. The molecule has 0 saturated heterocycles. The van der Waals surface area contributed by atoms with Crippen LogP contribution < -0.4 is 10.6 Å². The lowest BCUT2D eigenvalue weighted by Crippen LogP contribution is -2.44. The van der Waals surface area contributed by atoms with Crippen LogP contribution in [0.25, 0.3) is 0 Å². The van der Waals surface area contributed by atoms with Crippen LogP contribution in [-0.4, -0.2) is 37.1 Å². The van der Waals surface area contributed by atoms with Gasteiger partial charge in [-0.15, -0.1) is 0 Å². The lowest BCUT2D eigenvalue weighted by Gasteiger charge is -2.34. The Balaban J connectivity index is 1.89. The second-order valence-corrected chi connectivity index (χ2v) is 5.78. The molecule has 0 aromatic heterocycles. The highest BCUT2D eigenvalue weighted by atomic mass is 35.5. The van der Waals surface area contributed by atoms with Crippen LogP contribution in [0, 0.1) is 0 Å². The molecule has 110 valence electrons. The number of carbonyl (C=O) groups is 1. The van der Waals surface area contributed by atoms with Crippen LogP contribution in [0.1, 0.15) is 25.7 Å². The van der Waals surface area contributed by atoms with Crippen LogP contribution in [0.4, 0.5) is 10.5 Å². The maximum Gasteiger partial charge on any atom is 0.321 e. The van der Waals surface area contributed by atoms with E-state index in [0.717, 1.165) is 31.4 Å². The van der Waals surface area contributed by atoms with Gasteiger partial charge >= 0.3 is 6.03 Å². The molecule has 0 heterocycles. The zero-order chi connectivity index (χ0) is 14.5. The van der Waals surface area contributed by atoms with Crippen LogP contribution in [0.15, 0.2) is 24.3 Å². The summed E-state index contributed by atoms with van der Waals surface area (Å²) in [5.74, 6) is 0.